The van der Waals surface area contributed by atoms with E-state index in [1.807, 2.05) is 24.3 Å². The number of ether oxygens (including phenoxy) is 1. The molecule has 0 N–H and O–H groups in total. The minimum Gasteiger partial charge on any atom is -0.497 e. The van der Waals surface area contributed by atoms with Gasteiger partial charge in [-0.15, -0.1) is 11.6 Å². The summed E-state index contributed by atoms with van der Waals surface area (Å²) >= 11 is 6.54. The van der Waals surface area contributed by atoms with Crippen LogP contribution in [0.3, 0.4) is 0 Å². The predicted octanol–water partition coefficient (Wildman–Crippen LogP) is 5.15. The van der Waals surface area contributed by atoms with Crippen LogP contribution in [0, 0.1) is 0 Å². The molecule has 100 valence electrons. The molecule has 1 atom stereocenters. The van der Waals surface area contributed by atoms with Gasteiger partial charge in [-0.05, 0) is 34.7 Å². The first-order valence-corrected chi connectivity index (χ1v) is 6.93. The molecule has 0 aliphatic carbocycles. The molecule has 2 rings (SSSR count). The second-order valence-corrected chi connectivity index (χ2v) is 5.40. The molecule has 0 bridgehead atoms. The highest BCUT2D eigenvalue weighted by Gasteiger charge is 2.11. The highest BCUT2D eigenvalue weighted by Crippen LogP contribution is 2.31. The average Bonchev–Trinajstić information content (AvgIpc) is 2.46. The van der Waals surface area contributed by atoms with Crippen molar-refractivity contribution in [3.05, 3.63) is 65.2 Å². The monoisotopic (exact) mass is 274 g/mol. The van der Waals surface area contributed by atoms with Gasteiger partial charge in [0.05, 0.1) is 12.5 Å². The molecule has 0 aliphatic rings. The zero-order valence-corrected chi connectivity index (χ0v) is 12.3. The second-order valence-electron chi connectivity index (χ2n) is 4.96. The van der Waals surface area contributed by atoms with Crippen molar-refractivity contribution in [2.45, 2.75) is 25.1 Å². The quantitative estimate of drug-likeness (QED) is 0.701. The number of hydrogen-bond acceptors (Lipinski definition) is 1. The van der Waals surface area contributed by atoms with Crippen LogP contribution in [0.15, 0.2) is 48.5 Å². The molecule has 0 aromatic heterocycles. The Bertz CT molecular complexity index is 531. The van der Waals surface area contributed by atoms with Crippen LogP contribution >= 0.6 is 11.6 Å². The Hall–Kier alpha value is -1.47. The molecule has 2 heteroatoms. The molecule has 2 aromatic carbocycles. The lowest BCUT2D eigenvalue weighted by molar-refractivity contribution is 0.414. The summed E-state index contributed by atoms with van der Waals surface area (Å²) in [5.41, 5.74) is 3.50. The first kappa shape index (κ1) is 14.0. The molecule has 2 aromatic rings. The summed E-state index contributed by atoms with van der Waals surface area (Å²) in [4.78, 5) is 0. The van der Waals surface area contributed by atoms with E-state index >= 15 is 0 Å². The zero-order valence-electron chi connectivity index (χ0n) is 11.6. The summed E-state index contributed by atoms with van der Waals surface area (Å²) in [6.07, 6.45) is 0. The third kappa shape index (κ3) is 3.30. The fourth-order valence-electron chi connectivity index (χ4n) is 2.04. The maximum absolute atomic E-state index is 6.54. The van der Waals surface area contributed by atoms with Crippen LogP contribution in [-0.4, -0.2) is 7.11 Å². The second kappa shape index (κ2) is 6.12. The summed E-state index contributed by atoms with van der Waals surface area (Å²) in [7, 11) is 1.67. The van der Waals surface area contributed by atoms with Crippen LogP contribution < -0.4 is 4.74 Å². The van der Waals surface area contributed by atoms with Crippen LogP contribution in [-0.2, 0) is 0 Å². The first-order chi connectivity index (χ1) is 9.11. The van der Waals surface area contributed by atoms with E-state index in [4.69, 9.17) is 16.3 Å². The zero-order chi connectivity index (χ0) is 13.8. The van der Waals surface area contributed by atoms with Crippen molar-refractivity contribution in [3.8, 4) is 5.75 Å². The van der Waals surface area contributed by atoms with Gasteiger partial charge in [-0.3, -0.25) is 0 Å². The van der Waals surface area contributed by atoms with Gasteiger partial charge in [0, 0.05) is 0 Å². The van der Waals surface area contributed by atoms with E-state index in [1.165, 1.54) is 5.56 Å². The van der Waals surface area contributed by atoms with E-state index in [2.05, 4.69) is 38.1 Å². The maximum Gasteiger partial charge on any atom is 0.119 e. The topological polar surface area (TPSA) is 9.23 Å². The Morgan fingerprint density at radius 1 is 0.895 bits per heavy atom. The van der Waals surface area contributed by atoms with Crippen LogP contribution in [0.25, 0.3) is 0 Å². The third-order valence-electron chi connectivity index (χ3n) is 3.28. The van der Waals surface area contributed by atoms with Crippen molar-refractivity contribution in [1.82, 2.24) is 0 Å². The number of alkyl halides is 1. The van der Waals surface area contributed by atoms with Crippen molar-refractivity contribution in [1.29, 1.82) is 0 Å². The summed E-state index contributed by atoms with van der Waals surface area (Å²) in [5.74, 6) is 1.38. The molecule has 0 saturated heterocycles. The van der Waals surface area contributed by atoms with Gasteiger partial charge in [0.15, 0.2) is 0 Å². The predicted molar refractivity (Wildman–Crippen MR) is 81.2 cm³/mol. The van der Waals surface area contributed by atoms with Crippen molar-refractivity contribution >= 4 is 11.6 Å². The van der Waals surface area contributed by atoms with Crippen LogP contribution in [0.5, 0.6) is 5.75 Å². The van der Waals surface area contributed by atoms with Crippen molar-refractivity contribution in [3.63, 3.8) is 0 Å². The summed E-state index contributed by atoms with van der Waals surface area (Å²) in [6, 6.07) is 16.4. The molecule has 19 heavy (non-hydrogen) atoms. The molecule has 1 unspecified atom stereocenters. The van der Waals surface area contributed by atoms with Gasteiger partial charge in [-0.2, -0.15) is 0 Å². The smallest absolute Gasteiger partial charge is 0.119 e. The largest absolute Gasteiger partial charge is 0.497 e. The SMILES string of the molecule is COc1cccc(C(Cl)c2ccc(C(C)C)cc2)c1. The first-order valence-electron chi connectivity index (χ1n) is 6.49. The maximum atomic E-state index is 6.54. The van der Waals surface area contributed by atoms with Crippen LogP contribution in [0.1, 0.15) is 41.8 Å². The van der Waals surface area contributed by atoms with Crippen molar-refractivity contribution in [2.24, 2.45) is 0 Å². The van der Waals surface area contributed by atoms with Crippen LogP contribution in [0.4, 0.5) is 0 Å². The molecule has 0 spiro atoms. The van der Waals surface area contributed by atoms with Crippen molar-refractivity contribution in [2.75, 3.05) is 7.11 Å². The van der Waals surface area contributed by atoms with E-state index in [0.717, 1.165) is 16.9 Å². The Labute approximate surface area is 120 Å². The molecule has 0 radical (unpaired) electrons. The molecule has 0 heterocycles. The molecule has 0 saturated carbocycles. The van der Waals surface area contributed by atoms with Gasteiger partial charge in [0.2, 0.25) is 0 Å². The van der Waals surface area contributed by atoms with E-state index < -0.39 is 0 Å². The normalized spacial score (nSPS) is 12.5. The van der Waals surface area contributed by atoms with Crippen molar-refractivity contribution < 1.29 is 4.74 Å². The molecular weight excluding hydrogens is 256 g/mol. The Morgan fingerprint density at radius 3 is 2.11 bits per heavy atom. The molecule has 0 amide bonds. The summed E-state index contributed by atoms with van der Waals surface area (Å²) in [5, 5.41) is -0.142. The molecule has 0 aliphatic heterocycles. The van der Waals surface area contributed by atoms with E-state index in [-0.39, 0.29) is 5.38 Å². The summed E-state index contributed by atoms with van der Waals surface area (Å²) < 4.78 is 5.23. The fourth-order valence-corrected chi connectivity index (χ4v) is 2.32. The molecule has 0 fully saturated rings. The number of halogens is 1. The van der Waals surface area contributed by atoms with Gasteiger partial charge < -0.3 is 4.74 Å². The lowest BCUT2D eigenvalue weighted by Gasteiger charge is -2.13. The Kier molecular flexibility index (Phi) is 4.49. The number of benzene rings is 2. The van der Waals surface area contributed by atoms with E-state index in [1.54, 1.807) is 7.11 Å². The minimum absolute atomic E-state index is 0.142. The highest BCUT2D eigenvalue weighted by molar-refractivity contribution is 6.22. The molecular formula is C17H19ClO. The standard InChI is InChI=1S/C17H19ClO/c1-12(2)13-7-9-14(10-8-13)17(18)15-5-4-6-16(11-15)19-3/h4-12,17H,1-3H3. The Balaban J connectivity index is 2.25. The third-order valence-corrected chi connectivity index (χ3v) is 3.79. The average molecular weight is 275 g/mol. The summed E-state index contributed by atoms with van der Waals surface area (Å²) in [6.45, 7) is 4.38. The number of rotatable bonds is 4. The van der Waals surface area contributed by atoms with E-state index in [0.29, 0.717) is 5.92 Å². The lowest BCUT2D eigenvalue weighted by atomic mass is 9.98. The van der Waals surface area contributed by atoms with E-state index in [9.17, 15) is 0 Å². The van der Waals surface area contributed by atoms with Gasteiger partial charge in [-0.1, -0.05) is 50.2 Å². The fraction of sp³-hybridized carbons (Fsp3) is 0.294. The van der Waals surface area contributed by atoms with Gasteiger partial charge >= 0.3 is 0 Å². The highest BCUT2D eigenvalue weighted by atomic mass is 35.5. The lowest BCUT2D eigenvalue weighted by Crippen LogP contribution is -1.95. The van der Waals surface area contributed by atoms with Gasteiger partial charge in [0.1, 0.15) is 5.75 Å². The minimum atomic E-state index is -0.142. The number of hydrogen-bond donors (Lipinski definition) is 0. The van der Waals surface area contributed by atoms with Gasteiger partial charge in [-0.25, -0.2) is 0 Å². The number of methoxy groups -OCH3 is 1. The van der Waals surface area contributed by atoms with Gasteiger partial charge in [0.25, 0.3) is 0 Å². The van der Waals surface area contributed by atoms with Crippen LogP contribution in [0.2, 0.25) is 0 Å². The molecule has 1 nitrogen and oxygen atoms in total. The Morgan fingerprint density at radius 2 is 1.53 bits per heavy atom.